The maximum Gasteiger partial charge on any atom is 0.156 e. The van der Waals surface area contributed by atoms with E-state index in [1.807, 2.05) is 42.5 Å². The predicted octanol–water partition coefficient (Wildman–Crippen LogP) is 6.35. The zero-order valence-electron chi connectivity index (χ0n) is 19.0. The van der Waals surface area contributed by atoms with Gasteiger partial charge in [0.15, 0.2) is 11.9 Å². The van der Waals surface area contributed by atoms with Crippen LogP contribution in [0.2, 0.25) is 0 Å². The topological polar surface area (TPSA) is 45.5 Å². The fourth-order valence-corrected chi connectivity index (χ4v) is 3.83. The van der Waals surface area contributed by atoms with Gasteiger partial charge in [0.1, 0.15) is 17.2 Å². The SMILES string of the molecule is CCC(Oc1cccc(C)c1)c1nc2ccccc2n1CCCOc1ccc(OC)cc1. The number of rotatable bonds is 10. The van der Waals surface area contributed by atoms with E-state index in [2.05, 4.69) is 48.7 Å². The van der Waals surface area contributed by atoms with E-state index in [1.165, 1.54) is 5.56 Å². The first-order valence-electron chi connectivity index (χ1n) is 11.1. The van der Waals surface area contributed by atoms with E-state index in [0.717, 1.165) is 53.5 Å². The summed E-state index contributed by atoms with van der Waals surface area (Å²) in [5, 5.41) is 0. The maximum atomic E-state index is 6.37. The molecule has 5 heteroatoms. The van der Waals surface area contributed by atoms with Gasteiger partial charge in [0.25, 0.3) is 0 Å². The van der Waals surface area contributed by atoms with Crippen LogP contribution in [0.4, 0.5) is 0 Å². The molecule has 0 fully saturated rings. The Labute approximate surface area is 189 Å². The van der Waals surface area contributed by atoms with E-state index >= 15 is 0 Å². The highest BCUT2D eigenvalue weighted by Crippen LogP contribution is 2.28. The number of ether oxygens (including phenoxy) is 3. The van der Waals surface area contributed by atoms with E-state index in [9.17, 15) is 0 Å². The van der Waals surface area contributed by atoms with Crippen LogP contribution in [0.15, 0.2) is 72.8 Å². The molecule has 1 atom stereocenters. The first-order valence-corrected chi connectivity index (χ1v) is 11.1. The molecule has 3 aromatic carbocycles. The molecule has 0 saturated carbocycles. The molecular weight excluding hydrogens is 400 g/mol. The first kappa shape index (κ1) is 21.8. The second kappa shape index (κ2) is 10.2. The van der Waals surface area contributed by atoms with Gasteiger partial charge in [-0.05, 0) is 73.9 Å². The van der Waals surface area contributed by atoms with Crippen molar-refractivity contribution < 1.29 is 14.2 Å². The molecule has 0 saturated heterocycles. The van der Waals surface area contributed by atoms with Gasteiger partial charge in [-0.2, -0.15) is 0 Å². The average molecular weight is 431 g/mol. The predicted molar refractivity (Wildman–Crippen MR) is 128 cm³/mol. The highest BCUT2D eigenvalue weighted by molar-refractivity contribution is 5.76. The molecule has 0 radical (unpaired) electrons. The highest BCUT2D eigenvalue weighted by Gasteiger charge is 2.20. The van der Waals surface area contributed by atoms with E-state index in [1.54, 1.807) is 7.11 Å². The van der Waals surface area contributed by atoms with Crippen LogP contribution in [-0.2, 0) is 6.54 Å². The third kappa shape index (κ3) is 5.05. The number of aryl methyl sites for hydroxylation is 2. The maximum absolute atomic E-state index is 6.37. The van der Waals surface area contributed by atoms with Crippen LogP contribution in [0.25, 0.3) is 11.0 Å². The van der Waals surface area contributed by atoms with Gasteiger partial charge in [0.2, 0.25) is 0 Å². The Morgan fingerprint density at radius 1 is 0.906 bits per heavy atom. The van der Waals surface area contributed by atoms with Crippen molar-refractivity contribution in [3.05, 3.63) is 84.2 Å². The largest absolute Gasteiger partial charge is 0.497 e. The van der Waals surface area contributed by atoms with Crippen LogP contribution in [-0.4, -0.2) is 23.3 Å². The van der Waals surface area contributed by atoms with Crippen molar-refractivity contribution in [2.75, 3.05) is 13.7 Å². The molecule has 0 bridgehead atoms. The fraction of sp³-hybridized carbons (Fsp3) is 0.296. The zero-order chi connectivity index (χ0) is 22.3. The molecule has 0 N–H and O–H groups in total. The third-order valence-corrected chi connectivity index (χ3v) is 5.46. The monoisotopic (exact) mass is 430 g/mol. The smallest absolute Gasteiger partial charge is 0.156 e. The van der Waals surface area contributed by atoms with Crippen LogP contribution in [0.1, 0.15) is 37.3 Å². The number of hydrogen-bond donors (Lipinski definition) is 0. The van der Waals surface area contributed by atoms with Crippen LogP contribution < -0.4 is 14.2 Å². The van der Waals surface area contributed by atoms with Gasteiger partial charge in [-0.25, -0.2) is 4.98 Å². The van der Waals surface area contributed by atoms with Crippen molar-refractivity contribution in [1.82, 2.24) is 9.55 Å². The lowest BCUT2D eigenvalue weighted by atomic mass is 10.2. The van der Waals surface area contributed by atoms with Crippen molar-refractivity contribution in [2.45, 2.75) is 39.3 Å². The Bertz CT molecular complexity index is 1150. The Hall–Kier alpha value is -3.47. The number of methoxy groups -OCH3 is 1. The van der Waals surface area contributed by atoms with Crippen molar-refractivity contribution in [2.24, 2.45) is 0 Å². The number of fused-ring (bicyclic) bond motifs is 1. The number of para-hydroxylation sites is 2. The molecule has 1 unspecified atom stereocenters. The van der Waals surface area contributed by atoms with Crippen molar-refractivity contribution in [3.63, 3.8) is 0 Å². The lowest BCUT2D eigenvalue weighted by molar-refractivity contribution is 0.185. The van der Waals surface area contributed by atoms with Crippen LogP contribution in [0.3, 0.4) is 0 Å². The molecular formula is C27H30N2O3. The second-order valence-electron chi connectivity index (χ2n) is 7.82. The van der Waals surface area contributed by atoms with Gasteiger partial charge in [-0.1, -0.05) is 31.2 Å². The molecule has 0 amide bonds. The minimum atomic E-state index is -0.119. The molecule has 32 heavy (non-hydrogen) atoms. The molecule has 0 aliphatic heterocycles. The van der Waals surface area contributed by atoms with Gasteiger partial charge in [0.05, 0.1) is 24.8 Å². The summed E-state index contributed by atoms with van der Waals surface area (Å²) in [5.74, 6) is 3.50. The molecule has 4 aromatic rings. The molecule has 0 aliphatic carbocycles. The summed E-state index contributed by atoms with van der Waals surface area (Å²) in [5.41, 5.74) is 3.30. The minimum Gasteiger partial charge on any atom is -0.497 e. The van der Waals surface area contributed by atoms with Gasteiger partial charge >= 0.3 is 0 Å². The molecule has 5 nitrogen and oxygen atoms in total. The van der Waals surface area contributed by atoms with E-state index in [4.69, 9.17) is 19.2 Å². The molecule has 4 rings (SSSR count). The Morgan fingerprint density at radius 3 is 2.44 bits per heavy atom. The number of nitrogens with zero attached hydrogens (tertiary/aromatic N) is 2. The number of benzene rings is 3. The Morgan fingerprint density at radius 2 is 1.69 bits per heavy atom. The van der Waals surface area contributed by atoms with Gasteiger partial charge in [-0.15, -0.1) is 0 Å². The molecule has 1 aromatic heterocycles. The Kier molecular flexibility index (Phi) is 6.95. The number of hydrogen-bond acceptors (Lipinski definition) is 4. The zero-order valence-corrected chi connectivity index (χ0v) is 19.0. The lowest BCUT2D eigenvalue weighted by Crippen LogP contribution is -2.15. The van der Waals surface area contributed by atoms with Crippen LogP contribution in [0, 0.1) is 6.92 Å². The summed E-state index contributed by atoms with van der Waals surface area (Å²) in [6, 6.07) is 24.1. The summed E-state index contributed by atoms with van der Waals surface area (Å²) in [6.07, 6.45) is 1.58. The lowest BCUT2D eigenvalue weighted by Gasteiger charge is -2.19. The van der Waals surface area contributed by atoms with Gasteiger partial charge in [0, 0.05) is 6.54 Å². The van der Waals surface area contributed by atoms with Crippen molar-refractivity contribution in [1.29, 1.82) is 0 Å². The summed E-state index contributed by atoms with van der Waals surface area (Å²) in [7, 11) is 1.66. The summed E-state index contributed by atoms with van der Waals surface area (Å²) in [6.45, 7) is 5.64. The minimum absolute atomic E-state index is 0.119. The second-order valence-corrected chi connectivity index (χ2v) is 7.82. The molecule has 1 heterocycles. The van der Waals surface area contributed by atoms with Gasteiger partial charge < -0.3 is 18.8 Å². The van der Waals surface area contributed by atoms with Crippen molar-refractivity contribution in [3.8, 4) is 17.2 Å². The summed E-state index contributed by atoms with van der Waals surface area (Å²) in [4.78, 5) is 4.94. The summed E-state index contributed by atoms with van der Waals surface area (Å²) < 4.78 is 19.8. The van der Waals surface area contributed by atoms with Crippen LogP contribution >= 0.6 is 0 Å². The van der Waals surface area contributed by atoms with E-state index < -0.39 is 0 Å². The molecule has 0 spiro atoms. The van der Waals surface area contributed by atoms with Gasteiger partial charge in [-0.3, -0.25) is 0 Å². The first-order chi connectivity index (χ1) is 15.7. The molecule has 0 aliphatic rings. The highest BCUT2D eigenvalue weighted by atomic mass is 16.5. The number of aromatic nitrogens is 2. The average Bonchev–Trinajstić information content (AvgIpc) is 3.19. The summed E-state index contributed by atoms with van der Waals surface area (Å²) >= 11 is 0. The van der Waals surface area contributed by atoms with E-state index in [0.29, 0.717) is 6.61 Å². The Balaban J connectivity index is 1.50. The fourth-order valence-electron chi connectivity index (χ4n) is 3.83. The quantitative estimate of drug-likeness (QED) is 0.275. The van der Waals surface area contributed by atoms with Crippen LogP contribution in [0.5, 0.6) is 17.2 Å². The third-order valence-electron chi connectivity index (χ3n) is 5.46. The molecule has 166 valence electrons. The number of imidazole rings is 1. The standard InChI is InChI=1S/C27H30N2O3/c1-4-26(32-23-10-7-9-20(2)19-23)27-28-24-11-5-6-12-25(24)29(27)17-8-18-31-22-15-13-21(30-3)14-16-22/h5-7,9-16,19,26H,4,8,17-18H2,1-3H3. The normalized spacial score (nSPS) is 12.0. The van der Waals surface area contributed by atoms with Crippen molar-refractivity contribution >= 4 is 11.0 Å². The van der Waals surface area contributed by atoms with E-state index in [-0.39, 0.29) is 6.10 Å².